The van der Waals surface area contributed by atoms with E-state index in [1.54, 1.807) is 13.8 Å². The zero-order chi connectivity index (χ0) is 11.4. The van der Waals surface area contributed by atoms with E-state index in [0.29, 0.717) is 12.8 Å². The Labute approximate surface area is 105 Å². The van der Waals surface area contributed by atoms with E-state index in [4.69, 9.17) is 0 Å². The van der Waals surface area contributed by atoms with Gasteiger partial charge < -0.3 is 20.3 Å². The average Bonchev–Trinajstić information content (AvgIpc) is 2.19. The van der Waals surface area contributed by atoms with Gasteiger partial charge in [-0.15, -0.1) is 0 Å². The van der Waals surface area contributed by atoms with Crippen molar-refractivity contribution >= 4 is 35.0 Å². The first-order chi connectivity index (χ1) is 6.62. The molecule has 0 aliphatic rings. The van der Waals surface area contributed by atoms with Gasteiger partial charge in [0.15, 0.2) is 0 Å². The minimum absolute atomic E-state index is 0. The summed E-state index contributed by atoms with van der Waals surface area (Å²) in [6.07, 6.45) is 1.79. The molecule has 0 atom stereocenters. The predicted molar refractivity (Wildman–Crippen MR) is 47.8 cm³/mol. The summed E-state index contributed by atoms with van der Waals surface area (Å²) in [5.74, 6) is -1.36. The second-order valence-corrected chi connectivity index (χ2v) is 2.41. The Morgan fingerprint density at radius 1 is 0.933 bits per heavy atom. The van der Waals surface area contributed by atoms with Crippen LogP contribution in [0.5, 0.6) is 0 Å². The molecule has 0 spiro atoms. The van der Waals surface area contributed by atoms with E-state index < -0.39 is 11.9 Å². The fourth-order valence-corrected chi connectivity index (χ4v) is 0.492. The number of carbonyl (C=O) groups excluding carboxylic acids is 2. The molecule has 84 valence electrons. The van der Waals surface area contributed by atoms with Crippen molar-refractivity contribution in [2.75, 3.05) is 0 Å². The third kappa shape index (κ3) is 19.9. The molecule has 0 aliphatic heterocycles. The minimum Gasteiger partial charge on any atom is -0.662 e. The van der Waals surface area contributed by atoms with Crippen LogP contribution in [0.2, 0.25) is 0 Å². The van der Waals surface area contributed by atoms with Crippen LogP contribution >= 0.6 is 0 Å². The van der Waals surface area contributed by atoms with Crippen LogP contribution in [0.15, 0.2) is 0 Å². The Bertz CT molecular complexity index is 143. The molecule has 0 heterocycles. The van der Waals surface area contributed by atoms with Crippen LogP contribution in [-0.4, -0.2) is 35.0 Å². The van der Waals surface area contributed by atoms with Crippen LogP contribution in [0.4, 0.5) is 0 Å². The van der Waals surface area contributed by atoms with Crippen LogP contribution in [0, 0.1) is 0 Å². The molecular formula is C8H14MgO6. The standard InChI is InChI=1S/2C4H8O3.Mg/c2*1-2-3-4(5)7-6;/h2*6H,2-3H2,1H3;/q;;+2/p-2. The summed E-state index contributed by atoms with van der Waals surface area (Å²) in [6, 6.07) is 0. The van der Waals surface area contributed by atoms with Crippen LogP contribution in [-0.2, 0) is 19.4 Å². The summed E-state index contributed by atoms with van der Waals surface area (Å²) in [4.78, 5) is 26.0. The normalized spacial score (nSPS) is 7.73. The Kier molecular flexibility index (Phi) is 21.5. The Balaban J connectivity index is -0.000000180. The molecule has 7 heteroatoms. The molecule has 0 bridgehead atoms. The molecule has 0 rings (SSSR count). The third-order valence-corrected chi connectivity index (χ3v) is 1.09. The smallest absolute Gasteiger partial charge is 0.662 e. The van der Waals surface area contributed by atoms with Gasteiger partial charge in [0.25, 0.3) is 11.9 Å². The van der Waals surface area contributed by atoms with Crippen LogP contribution in [0.25, 0.3) is 0 Å². The fourth-order valence-electron chi connectivity index (χ4n) is 0.492. The van der Waals surface area contributed by atoms with Gasteiger partial charge in [0.1, 0.15) is 0 Å². The summed E-state index contributed by atoms with van der Waals surface area (Å²) in [5, 5.41) is 18.3. The summed E-state index contributed by atoms with van der Waals surface area (Å²) in [5.41, 5.74) is 0. The molecule has 0 aliphatic carbocycles. The van der Waals surface area contributed by atoms with Gasteiger partial charge in [-0.1, -0.05) is 13.8 Å². The van der Waals surface area contributed by atoms with Crippen LogP contribution in [0.3, 0.4) is 0 Å². The minimum atomic E-state index is -0.678. The van der Waals surface area contributed by atoms with Gasteiger partial charge in [-0.2, -0.15) is 0 Å². The largest absolute Gasteiger partial charge is 2.00 e. The molecule has 15 heavy (non-hydrogen) atoms. The first-order valence-electron chi connectivity index (χ1n) is 4.27. The zero-order valence-corrected chi connectivity index (χ0v) is 10.4. The maximum absolute atomic E-state index is 9.88. The van der Waals surface area contributed by atoms with E-state index in [1.165, 1.54) is 0 Å². The first kappa shape index (κ1) is 20.1. The van der Waals surface area contributed by atoms with Crippen molar-refractivity contribution < 1.29 is 29.9 Å². The molecule has 0 unspecified atom stereocenters. The molecule has 0 aromatic rings. The van der Waals surface area contributed by atoms with E-state index in [0.717, 1.165) is 0 Å². The number of hydrogen-bond acceptors (Lipinski definition) is 6. The van der Waals surface area contributed by atoms with Crippen molar-refractivity contribution in [1.29, 1.82) is 0 Å². The predicted octanol–water partition coefficient (Wildman–Crippen LogP) is -1.17. The summed E-state index contributed by atoms with van der Waals surface area (Å²) in [7, 11) is 0. The molecule has 0 aromatic carbocycles. The average molecular weight is 230 g/mol. The van der Waals surface area contributed by atoms with Crippen LogP contribution in [0.1, 0.15) is 39.5 Å². The van der Waals surface area contributed by atoms with E-state index in [2.05, 4.69) is 9.78 Å². The SMILES string of the molecule is CCCC(=O)O[O-].CCCC(=O)O[O-].[Mg+2]. The van der Waals surface area contributed by atoms with Crippen molar-refractivity contribution in [1.82, 2.24) is 0 Å². The van der Waals surface area contributed by atoms with Gasteiger partial charge >= 0.3 is 23.1 Å². The third-order valence-electron chi connectivity index (χ3n) is 1.09. The molecule has 6 nitrogen and oxygen atoms in total. The Morgan fingerprint density at radius 2 is 1.20 bits per heavy atom. The maximum atomic E-state index is 9.88. The van der Waals surface area contributed by atoms with Gasteiger partial charge in [0, 0.05) is 12.8 Å². The first-order valence-corrected chi connectivity index (χ1v) is 4.27. The molecule has 0 saturated carbocycles. The van der Waals surface area contributed by atoms with Crippen molar-refractivity contribution in [3.63, 3.8) is 0 Å². The van der Waals surface area contributed by atoms with Crippen LogP contribution < -0.4 is 10.5 Å². The van der Waals surface area contributed by atoms with Crippen molar-refractivity contribution in [2.24, 2.45) is 0 Å². The van der Waals surface area contributed by atoms with Gasteiger partial charge in [0.2, 0.25) is 0 Å². The molecule has 0 radical (unpaired) electrons. The van der Waals surface area contributed by atoms with Gasteiger partial charge in [-0.25, -0.2) is 0 Å². The molecule has 0 amide bonds. The van der Waals surface area contributed by atoms with Gasteiger partial charge in [0.05, 0.1) is 0 Å². The van der Waals surface area contributed by atoms with E-state index in [1.807, 2.05) is 0 Å². The summed E-state index contributed by atoms with van der Waals surface area (Å²) < 4.78 is 0. The van der Waals surface area contributed by atoms with Crippen molar-refractivity contribution in [2.45, 2.75) is 39.5 Å². The molecule has 0 fully saturated rings. The number of hydrogen-bond donors (Lipinski definition) is 0. The van der Waals surface area contributed by atoms with E-state index in [-0.39, 0.29) is 35.9 Å². The van der Waals surface area contributed by atoms with E-state index >= 15 is 0 Å². The second kappa shape index (κ2) is 16.1. The van der Waals surface area contributed by atoms with Crippen molar-refractivity contribution in [3.05, 3.63) is 0 Å². The Morgan fingerprint density at radius 3 is 1.27 bits per heavy atom. The summed E-state index contributed by atoms with van der Waals surface area (Å²) >= 11 is 0. The molecule has 0 saturated heterocycles. The zero-order valence-electron chi connectivity index (χ0n) is 8.99. The molecule has 0 N–H and O–H groups in total. The fraction of sp³-hybridized carbons (Fsp3) is 0.750. The quantitative estimate of drug-likeness (QED) is 0.343. The number of carbonyl (C=O) groups is 2. The van der Waals surface area contributed by atoms with Gasteiger partial charge in [-0.3, -0.25) is 9.59 Å². The molecule has 0 aromatic heterocycles. The number of rotatable bonds is 4. The monoisotopic (exact) mass is 230 g/mol. The Hall–Kier alpha value is -0.374. The van der Waals surface area contributed by atoms with E-state index in [9.17, 15) is 20.1 Å². The summed E-state index contributed by atoms with van der Waals surface area (Å²) in [6.45, 7) is 3.60. The van der Waals surface area contributed by atoms with Crippen molar-refractivity contribution in [3.8, 4) is 0 Å². The maximum Gasteiger partial charge on any atom is 2.00 e. The topological polar surface area (TPSA) is 98.7 Å². The molecular weight excluding hydrogens is 216 g/mol. The van der Waals surface area contributed by atoms with Gasteiger partial charge in [-0.05, 0) is 12.8 Å². The second-order valence-electron chi connectivity index (χ2n) is 2.41.